The lowest BCUT2D eigenvalue weighted by Crippen LogP contribution is -2.36. The third-order valence-electron chi connectivity index (χ3n) is 3.15. The lowest BCUT2D eigenvalue weighted by Gasteiger charge is -2.08. The molecule has 2 aromatic rings. The maximum absolute atomic E-state index is 11.1. The van der Waals surface area contributed by atoms with E-state index in [0.29, 0.717) is 11.5 Å². The van der Waals surface area contributed by atoms with Crippen LogP contribution in [0.1, 0.15) is 26.4 Å². The number of rotatable bonds is 4. The van der Waals surface area contributed by atoms with Gasteiger partial charge in [0.2, 0.25) is 5.82 Å². The Balaban J connectivity index is 2.45. The predicted molar refractivity (Wildman–Crippen MR) is 78.2 cm³/mol. The van der Waals surface area contributed by atoms with Gasteiger partial charge in [0.1, 0.15) is 0 Å². The van der Waals surface area contributed by atoms with Crippen molar-refractivity contribution in [2.45, 2.75) is 6.92 Å². The summed E-state index contributed by atoms with van der Waals surface area (Å²) < 4.78 is 1.68. The van der Waals surface area contributed by atoms with E-state index in [-0.39, 0.29) is 17.1 Å². The van der Waals surface area contributed by atoms with Gasteiger partial charge in [0.15, 0.2) is 0 Å². The summed E-state index contributed by atoms with van der Waals surface area (Å²) in [5, 5.41) is 21.0. The van der Waals surface area contributed by atoms with E-state index in [2.05, 4.69) is 10.3 Å². The van der Waals surface area contributed by atoms with Crippen molar-refractivity contribution in [2.24, 2.45) is 7.05 Å². The number of carboxylic acids is 2. The monoisotopic (exact) mass is 303 g/mol. The van der Waals surface area contributed by atoms with Crippen LogP contribution in [0, 0.1) is 6.92 Å². The van der Waals surface area contributed by atoms with Crippen LogP contribution in [-0.2, 0) is 7.05 Å². The smallest absolute Gasteiger partial charge is 0.391 e. The number of aromatic carboxylic acids is 2. The van der Waals surface area contributed by atoms with E-state index in [9.17, 15) is 9.59 Å². The zero-order chi connectivity index (χ0) is 16.4. The lowest BCUT2D eigenvalue weighted by atomic mass is 10.1. The fraction of sp³-hybridized carbons (Fsp3) is 0.143. The molecule has 22 heavy (non-hydrogen) atoms. The number of aromatic nitrogens is 2. The third-order valence-corrected chi connectivity index (χ3v) is 3.15. The molecule has 8 nitrogen and oxygen atoms in total. The number of carbonyl (C=O) groups is 2. The highest BCUT2D eigenvalue weighted by Crippen LogP contribution is 2.20. The van der Waals surface area contributed by atoms with Gasteiger partial charge in [-0.2, -0.15) is 0 Å². The molecule has 0 aliphatic carbocycles. The Labute approximate surface area is 125 Å². The topological polar surface area (TPSA) is 129 Å². The molecule has 0 unspecified atom stereocenters. The zero-order valence-electron chi connectivity index (χ0n) is 12.0. The van der Waals surface area contributed by atoms with Gasteiger partial charge in [-0.15, -0.1) is 0 Å². The van der Waals surface area contributed by atoms with E-state index in [1.807, 2.05) is 6.92 Å². The maximum Gasteiger partial charge on any atom is 0.391 e. The molecule has 5 N–H and O–H groups in total. The first-order valence-corrected chi connectivity index (χ1v) is 6.30. The van der Waals surface area contributed by atoms with E-state index < -0.39 is 11.9 Å². The minimum atomic E-state index is -1.21. The Morgan fingerprint density at radius 3 is 2.14 bits per heavy atom. The average Bonchev–Trinajstić information content (AvgIpc) is 2.44. The number of nitrogens with one attached hydrogen (secondary N) is 1. The number of nitrogen functional groups attached to an aromatic ring is 1. The van der Waals surface area contributed by atoms with Gasteiger partial charge in [-0.3, -0.25) is 5.73 Å². The van der Waals surface area contributed by atoms with Crippen LogP contribution in [0.4, 0.5) is 17.5 Å². The molecule has 0 amide bonds. The van der Waals surface area contributed by atoms with Crippen LogP contribution in [0.3, 0.4) is 0 Å². The molecule has 0 spiro atoms. The van der Waals surface area contributed by atoms with Crippen LogP contribution < -0.4 is 15.6 Å². The first-order chi connectivity index (χ1) is 10.3. The van der Waals surface area contributed by atoms with E-state index in [0.717, 1.165) is 11.8 Å². The largest absolute Gasteiger partial charge is 0.478 e. The first-order valence-electron chi connectivity index (χ1n) is 6.30. The summed E-state index contributed by atoms with van der Waals surface area (Å²) in [4.78, 5) is 26.3. The summed E-state index contributed by atoms with van der Waals surface area (Å²) >= 11 is 0. The average molecular weight is 303 g/mol. The van der Waals surface area contributed by atoms with Crippen molar-refractivity contribution in [3.05, 3.63) is 41.1 Å². The number of benzene rings is 1. The maximum atomic E-state index is 11.1. The van der Waals surface area contributed by atoms with E-state index in [1.165, 1.54) is 12.1 Å². The van der Waals surface area contributed by atoms with Gasteiger partial charge in [0.05, 0.1) is 23.9 Å². The number of carboxylic acid groups (broad SMARTS) is 2. The summed E-state index contributed by atoms with van der Waals surface area (Å²) in [5.41, 5.74) is 6.63. The Hall–Kier alpha value is -3.16. The highest BCUT2D eigenvalue weighted by Gasteiger charge is 2.14. The van der Waals surface area contributed by atoms with Crippen molar-refractivity contribution in [3.63, 3.8) is 0 Å². The van der Waals surface area contributed by atoms with Crippen LogP contribution in [0.2, 0.25) is 0 Å². The third kappa shape index (κ3) is 3.11. The highest BCUT2D eigenvalue weighted by molar-refractivity contribution is 5.95. The van der Waals surface area contributed by atoms with Gasteiger partial charge < -0.3 is 15.5 Å². The normalized spacial score (nSPS) is 10.3. The Morgan fingerprint density at radius 1 is 1.14 bits per heavy atom. The van der Waals surface area contributed by atoms with Gasteiger partial charge in [0.25, 0.3) is 0 Å². The SMILES string of the molecule is Cc1cc(Nc2cc(C(=O)O)cc(C(=O)O)c2)nc(N)[n+]1C. The Morgan fingerprint density at radius 2 is 1.68 bits per heavy atom. The van der Waals surface area contributed by atoms with Gasteiger partial charge in [0, 0.05) is 11.8 Å². The van der Waals surface area contributed by atoms with Crippen LogP contribution >= 0.6 is 0 Å². The standard InChI is InChI=1S/C14H14N4O4/c1-7-3-11(17-14(15)18(7)2)16-10-5-8(12(19)20)4-9(6-10)13(21)22/h3-6H,1-2H3,(H4,15,16,17,19,20,21,22)/p+1. The summed E-state index contributed by atoms with van der Waals surface area (Å²) in [7, 11) is 1.76. The van der Waals surface area contributed by atoms with Crippen LogP contribution in [0.25, 0.3) is 0 Å². The highest BCUT2D eigenvalue weighted by atomic mass is 16.4. The first kappa shape index (κ1) is 15.2. The van der Waals surface area contributed by atoms with Crippen molar-refractivity contribution < 1.29 is 24.4 Å². The number of nitrogens with two attached hydrogens (primary N) is 1. The van der Waals surface area contributed by atoms with Crippen molar-refractivity contribution in [1.29, 1.82) is 0 Å². The van der Waals surface area contributed by atoms with E-state index >= 15 is 0 Å². The van der Waals surface area contributed by atoms with Crippen LogP contribution in [0.15, 0.2) is 24.3 Å². The molecule has 0 fully saturated rings. The van der Waals surface area contributed by atoms with Crippen molar-refractivity contribution in [1.82, 2.24) is 4.98 Å². The lowest BCUT2D eigenvalue weighted by molar-refractivity contribution is -0.665. The second-order valence-corrected chi connectivity index (χ2v) is 4.73. The van der Waals surface area contributed by atoms with E-state index in [4.69, 9.17) is 15.9 Å². The molecule has 1 aromatic carbocycles. The molecule has 0 radical (unpaired) electrons. The molecule has 2 rings (SSSR count). The molecule has 8 heteroatoms. The van der Waals surface area contributed by atoms with Crippen molar-refractivity contribution in [2.75, 3.05) is 11.1 Å². The van der Waals surface area contributed by atoms with Crippen molar-refractivity contribution >= 4 is 29.4 Å². The van der Waals surface area contributed by atoms with Gasteiger partial charge in [-0.25, -0.2) is 14.2 Å². The Bertz CT molecular complexity index is 718. The fourth-order valence-corrected chi connectivity index (χ4v) is 1.86. The minimum absolute atomic E-state index is 0.131. The van der Waals surface area contributed by atoms with Crippen molar-refractivity contribution in [3.8, 4) is 0 Å². The molecular weight excluding hydrogens is 288 g/mol. The molecule has 0 atom stereocenters. The molecule has 114 valence electrons. The molecular formula is C14H15N4O4+. The molecule has 0 bridgehead atoms. The molecule has 1 heterocycles. The molecule has 0 saturated heterocycles. The van der Waals surface area contributed by atoms with Gasteiger partial charge in [-0.1, -0.05) is 4.98 Å². The summed E-state index contributed by atoms with van der Waals surface area (Å²) in [6.07, 6.45) is 0. The second kappa shape index (κ2) is 5.68. The molecule has 1 aromatic heterocycles. The van der Waals surface area contributed by atoms with Crippen LogP contribution in [0.5, 0.6) is 0 Å². The number of hydrogen-bond acceptors (Lipinski definition) is 5. The second-order valence-electron chi connectivity index (χ2n) is 4.73. The molecule has 0 saturated carbocycles. The molecule has 0 aliphatic heterocycles. The van der Waals surface area contributed by atoms with E-state index in [1.54, 1.807) is 17.7 Å². The number of nitrogens with zero attached hydrogens (tertiary/aromatic N) is 2. The number of anilines is 3. The summed E-state index contributed by atoms with van der Waals surface area (Å²) in [6, 6.07) is 5.46. The number of hydrogen-bond donors (Lipinski definition) is 4. The minimum Gasteiger partial charge on any atom is -0.478 e. The zero-order valence-corrected chi connectivity index (χ0v) is 12.0. The van der Waals surface area contributed by atoms with Gasteiger partial charge in [-0.05, 0) is 25.1 Å². The summed E-state index contributed by atoms with van der Waals surface area (Å²) in [6.45, 7) is 1.83. The Kier molecular flexibility index (Phi) is 3.93. The fourth-order valence-electron chi connectivity index (χ4n) is 1.86. The quantitative estimate of drug-likeness (QED) is 0.618. The molecule has 0 aliphatic rings. The predicted octanol–water partition coefficient (Wildman–Crippen LogP) is 0.937. The summed E-state index contributed by atoms with van der Waals surface area (Å²) in [5.74, 6) is -1.76. The van der Waals surface area contributed by atoms with Gasteiger partial charge >= 0.3 is 17.9 Å². The number of aryl methyl sites for hydroxylation is 1. The van der Waals surface area contributed by atoms with Crippen LogP contribution in [-0.4, -0.2) is 27.1 Å².